The summed E-state index contributed by atoms with van der Waals surface area (Å²) < 4.78 is 1.82. The van der Waals surface area contributed by atoms with Gasteiger partial charge in [-0.05, 0) is 49.4 Å². The van der Waals surface area contributed by atoms with Gasteiger partial charge in [0, 0.05) is 47.8 Å². The van der Waals surface area contributed by atoms with Crippen LogP contribution in [0.15, 0.2) is 79.6 Å². The van der Waals surface area contributed by atoms with Gasteiger partial charge in [-0.25, -0.2) is 15.0 Å². The van der Waals surface area contributed by atoms with Gasteiger partial charge in [-0.15, -0.1) is 0 Å². The molecule has 9 nitrogen and oxygen atoms in total. The second kappa shape index (κ2) is 8.23. The van der Waals surface area contributed by atoms with Crippen molar-refractivity contribution in [3.8, 4) is 5.82 Å². The quantitative estimate of drug-likeness (QED) is 0.442. The van der Waals surface area contributed by atoms with Gasteiger partial charge < -0.3 is 10.6 Å². The largest absolute Gasteiger partial charge is 0.340 e. The van der Waals surface area contributed by atoms with Crippen molar-refractivity contribution < 1.29 is 4.79 Å². The van der Waals surface area contributed by atoms with Gasteiger partial charge in [0.25, 0.3) is 5.91 Å². The molecule has 32 heavy (non-hydrogen) atoms. The van der Waals surface area contributed by atoms with Crippen LogP contribution in [0.3, 0.4) is 0 Å². The van der Waals surface area contributed by atoms with E-state index in [-0.39, 0.29) is 5.91 Å². The van der Waals surface area contributed by atoms with Crippen LogP contribution in [0.25, 0.3) is 16.9 Å². The number of carbonyl (C=O) groups is 1. The number of imidazole rings is 1. The van der Waals surface area contributed by atoms with E-state index in [1.807, 2.05) is 48.0 Å². The highest BCUT2D eigenvalue weighted by molar-refractivity contribution is 6.05. The summed E-state index contributed by atoms with van der Waals surface area (Å²) in [6.45, 7) is 1.84. The molecular formula is C23H18N8O. The Bertz CT molecular complexity index is 1400. The number of amides is 1. The number of carbonyl (C=O) groups excluding carboxylic acids is 1. The molecule has 0 unspecified atom stereocenters. The monoisotopic (exact) mass is 422 g/mol. The molecule has 0 aliphatic heterocycles. The molecule has 0 saturated heterocycles. The molecule has 3 heterocycles. The number of fused-ring (bicyclic) bond motifs is 1. The van der Waals surface area contributed by atoms with Crippen molar-refractivity contribution in [2.24, 2.45) is 0 Å². The summed E-state index contributed by atoms with van der Waals surface area (Å²) in [5.74, 6) is 1.81. The zero-order chi connectivity index (χ0) is 21.9. The van der Waals surface area contributed by atoms with E-state index in [1.54, 1.807) is 43.1 Å². The summed E-state index contributed by atoms with van der Waals surface area (Å²) in [4.78, 5) is 34.0. The van der Waals surface area contributed by atoms with Gasteiger partial charge in [-0.3, -0.25) is 19.3 Å². The van der Waals surface area contributed by atoms with Gasteiger partial charge in [0.15, 0.2) is 0 Å². The Morgan fingerprint density at radius 1 is 0.875 bits per heavy atom. The zero-order valence-corrected chi connectivity index (χ0v) is 17.1. The number of rotatable bonds is 5. The van der Waals surface area contributed by atoms with E-state index in [2.05, 4.69) is 35.6 Å². The van der Waals surface area contributed by atoms with Crippen LogP contribution in [0.5, 0.6) is 0 Å². The van der Waals surface area contributed by atoms with Crippen molar-refractivity contribution in [2.75, 3.05) is 10.6 Å². The number of nitrogens with zero attached hydrogens (tertiary/aromatic N) is 6. The number of hydrogen-bond acceptors (Lipinski definition) is 7. The molecule has 0 bridgehead atoms. The minimum Gasteiger partial charge on any atom is -0.340 e. The molecular weight excluding hydrogens is 404 g/mol. The van der Waals surface area contributed by atoms with Crippen LogP contribution in [0, 0.1) is 6.92 Å². The molecule has 0 spiro atoms. The fraction of sp³-hybridized carbons (Fsp3) is 0.0435. The summed E-state index contributed by atoms with van der Waals surface area (Å²) >= 11 is 0. The number of aryl methyl sites for hydroxylation is 1. The third-order valence-corrected chi connectivity index (χ3v) is 4.74. The third-order valence-electron chi connectivity index (χ3n) is 4.74. The maximum atomic E-state index is 12.6. The molecule has 0 radical (unpaired) electrons. The smallest absolute Gasteiger partial charge is 0.255 e. The first kappa shape index (κ1) is 19.3. The number of anilines is 3. The van der Waals surface area contributed by atoms with Crippen LogP contribution in [-0.4, -0.2) is 35.4 Å². The van der Waals surface area contributed by atoms with Gasteiger partial charge >= 0.3 is 0 Å². The minimum absolute atomic E-state index is 0.213. The first-order valence-corrected chi connectivity index (χ1v) is 9.87. The summed E-state index contributed by atoms with van der Waals surface area (Å²) in [5, 5.41) is 6.17. The van der Waals surface area contributed by atoms with Crippen LogP contribution in [0.4, 0.5) is 17.2 Å². The van der Waals surface area contributed by atoms with Gasteiger partial charge in [-0.1, -0.05) is 0 Å². The van der Waals surface area contributed by atoms with Gasteiger partial charge in [-0.2, -0.15) is 0 Å². The van der Waals surface area contributed by atoms with E-state index in [0.717, 1.165) is 17.0 Å². The highest BCUT2D eigenvalue weighted by Gasteiger charge is 2.09. The molecule has 2 aromatic carbocycles. The predicted octanol–water partition coefficient (Wildman–Crippen LogP) is 3.91. The average Bonchev–Trinajstić information content (AvgIpc) is 3.35. The first-order chi connectivity index (χ1) is 15.6. The van der Waals surface area contributed by atoms with Crippen LogP contribution in [0.1, 0.15) is 16.2 Å². The lowest BCUT2D eigenvalue weighted by molar-refractivity contribution is 0.102. The molecule has 1 amide bonds. The second-order valence-electron chi connectivity index (χ2n) is 7.04. The fourth-order valence-corrected chi connectivity index (χ4v) is 3.24. The van der Waals surface area contributed by atoms with Crippen LogP contribution in [-0.2, 0) is 0 Å². The van der Waals surface area contributed by atoms with E-state index in [4.69, 9.17) is 0 Å². The lowest BCUT2D eigenvalue weighted by Gasteiger charge is -2.10. The van der Waals surface area contributed by atoms with E-state index in [0.29, 0.717) is 28.4 Å². The Hall–Kier alpha value is -4.66. The molecule has 2 N–H and O–H groups in total. The molecule has 5 aromatic rings. The molecule has 156 valence electrons. The third kappa shape index (κ3) is 4.12. The van der Waals surface area contributed by atoms with E-state index >= 15 is 0 Å². The summed E-state index contributed by atoms with van der Waals surface area (Å²) in [7, 11) is 0. The highest BCUT2D eigenvalue weighted by atomic mass is 16.1. The zero-order valence-electron chi connectivity index (χ0n) is 17.1. The lowest BCUT2D eigenvalue weighted by atomic mass is 10.1. The molecule has 0 saturated carbocycles. The maximum Gasteiger partial charge on any atom is 0.255 e. The van der Waals surface area contributed by atoms with E-state index < -0.39 is 0 Å². The van der Waals surface area contributed by atoms with Crippen molar-refractivity contribution in [3.63, 3.8) is 0 Å². The standard InChI is InChI=1S/C23H18N8O/c1-15-27-21(13-22(28-15)31-11-10-24-14-31)29-17-3-5-18(6-4-17)30-23(32)16-2-7-19-20(12-16)26-9-8-25-19/h2-14H,1H3,(H,30,32)(H,27,28,29). The molecule has 0 aliphatic carbocycles. The van der Waals surface area contributed by atoms with Crippen LogP contribution < -0.4 is 10.6 Å². The van der Waals surface area contributed by atoms with Gasteiger partial charge in [0.2, 0.25) is 0 Å². The van der Waals surface area contributed by atoms with Crippen molar-refractivity contribution in [1.82, 2.24) is 29.5 Å². The van der Waals surface area contributed by atoms with Gasteiger partial charge in [0.05, 0.1) is 11.0 Å². The molecule has 5 rings (SSSR count). The summed E-state index contributed by atoms with van der Waals surface area (Å²) in [6.07, 6.45) is 8.44. The Morgan fingerprint density at radius 2 is 1.66 bits per heavy atom. The Morgan fingerprint density at radius 3 is 2.44 bits per heavy atom. The SMILES string of the molecule is Cc1nc(Nc2ccc(NC(=O)c3ccc4nccnc4c3)cc2)cc(-n2ccnc2)n1. The average molecular weight is 422 g/mol. The van der Waals surface area contributed by atoms with Crippen molar-refractivity contribution in [2.45, 2.75) is 6.92 Å². The summed E-state index contributed by atoms with van der Waals surface area (Å²) in [5.41, 5.74) is 3.45. The lowest BCUT2D eigenvalue weighted by Crippen LogP contribution is -2.11. The molecule has 0 fully saturated rings. The van der Waals surface area contributed by atoms with Crippen molar-refractivity contribution >= 4 is 34.1 Å². The molecule has 3 aromatic heterocycles. The Labute approximate surface area is 183 Å². The van der Waals surface area contributed by atoms with Gasteiger partial charge in [0.1, 0.15) is 23.8 Å². The van der Waals surface area contributed by atoms with Crippen molar-refractivity contribution in [1.29, 1.82) is 0 Å². The molecule has 9 heteroatoms. The van der Waals surface area contributed by atoms with E-state index in [1.165, 1.54) is 0 Å². The fourth-order valence-electron chi connectivity index (χ4n) is 3.24. The molecule has 0 atom stereocenters. The topological polar surface area (TPSA) is 111 Å². The number of nitrogens with one attached hydrogen (secondary N) is 2. The number of hydrogen-bond donors (Lipinski definition) is 2. The minimum atomic E-state index is -0.213. The predicted molar refractivity (Wildman–Crippen MR) is 121 cm³/mol. The first-order valence-electron chi connectivity index (χ1n) is 9.87. The summed E-state index contributed by atoms with van der Waals surface area (Å²) in [6, 6.07) is 14.5. The highest BCUT2D eigenvalue weighted by Crippen LogP contribution is 2.20. The van der Waals surface area contributed by atoms with Crippen LogP contribution >= 0.6 is 0 Å². The number of aromatic nitrogens is 6. The van der Waals surface area contributed by atoms with Crippen molar-refractivity contribution in [3.05, 3.63) is 91.0 Å². The Balaban J connectivity index is 1.29. The van der Waals surface area contributed by atoms with Crippen LogP contribution in [0.2, 0.25) is 0 Å². The number of benzene rings is 2. The normalized spacial score (nSPS) is 10.8. The molecule has 0 aliphatic rings. The second-order valence-corrected chi connectivity index (χ2v) is 7.04. The maximum absolute atomic E-state index is 12.6. The Kier molecular flexibility index (Phi) is 4.97. The van der Waals surface area contributed by atoms with E-state index in [9.17, 15) is 4.79 Å².